The van der Waals surface area contributed by atoms with E-state index in [-0.39, 0.29) is 38.6 Å². The van der Waals surface area contributed by atoms with E-state index in [1.807, 2.05) is 0 Å². The van der Waals surface area contributed by atoms with Crippen LogP contribution in [0.4, 0.5) is 0 Å². The zero-order valence-corrected chi connectivity index (χ0v) is 50.5. The van der Waals surface area contributed by atoms with E-state index in [2.05, 4.69) is 13.8 Å². The van der Waals surface area contributed by atoms with E-state index in [0.717, 1.165) is 32.1 Å². The number of rotatable bonds is 64. The molecule has 0 fully saturated rings. The third-order valence-corrected chi connectivity index (χ3v) is 16.2. The van der Waals surface area contributed by atoms with E-state index in [9.17, 15) is 19.0 Å². The summed E-state index contributed by atoms with van der Waals surface area (Å²) in [5, 5.41) is 0. The maximum absolute atomic E-state index is 12.7. The van der Waals surface area contributed by atoms with E-state index in [4.69, 9.17) is 24.3 Å². The minimum absolute atomic E-state index is 0.0586. The van der Waals surface area contributed by atoms with Crippen LogP contribution in [0, 0.1) is 0 Å². The van der Waals surface area contributed by atoms with Crippen LogP contribution in [0.2, 0.25) is 0 Å². The number of esters is 2. The fraction of sp³-hybridized carbons (Fsp3) is 0.969. The third kappa shape index (κ3) is 60.2. The van der Waals surface area contributed by atoms with E-state index < -0.39 is 26.5 Å². The van der Waals surface area contributed by atoms with Crippen molar-refractivity contribution in [1.29, 1.82) is 0 Å². The molecular weight excluding hydrogens is 942 g/mol. The van der Waals surface area contributed by atoms with Gasteiger partial charge in [0.1, 0.15) is 6.61 Å². The van der Waals surface area contributed by atoms with Crippen molar-refractivity contribution in [3.05, 3.63) is 0 Å². The van der Waals surface area contributed by atoms with E-state index in [1.54, 1.807) is 0 Å². The number of unbranched alkanes of at least 4 members (excludes halogenated alkanes) is 51. The van der Waals surface area contributed by atoms with Gasteiger partial charge < -0.3 is 20.1 Å². The zero-order chi connectivity index (χ0) is 53.8. The molecular formula is C64H128NO8P. The number of phosphoric ester groups is 1. The molecule has 2 unspecified atom stereocenters. The summed E-state index contributed by atoms with van der Waals surface area (Å²) in [6.45, 7) is 3.83. The molecule has 2 atom stereocenters. The maximum Gasteiger partial charge on any atom is 0.472 e. The van der Waals surface area contributed by atoms with Gasteiger partial charge in [0.05, 0.1) is 13.2 Å². The molecule has 74 heavy (non-hydrogen) atoms. The SMILES string of the molecule is CCCCCCCCCCCCCCCCCCCCCCCCCCCCCCCCCCCCCCCC(=O)OC(COC(=O)CCCCCCCCCCCCCCCCCC)COP(=O)(O)OCCN. The molecule has 0 rings (SSSR count). The Balaban J connectivity index is 3.73. The van der Waals surface area contributed by atoms with Gasteiger partial charge in [0, 0.05) is 19.4 Å². The zero-order valence-electron chi connectivity index (χ0n) is 49.6. The Morgan fingerprint density at radius 1 is 0.351 bits per heavy atom. The number of ether oxygens (including phenoxy) is 2. The van der Waals surface area contributed by atoms with Crippen molar-refractivity contribution in [3.63, 3.8) is 0 Å². The van der Waals surface area contributed by atoms with Gasteiger partial charge >= 0.3 is 19.8 Å². The average molecular weight is 1070 g/mol. The van der Waals surface area contributed by atoms with Gasteiger partial charge in [-0.25, -0.2) is 4.57 Å². The number of nitrogens with two attached hydrogens (primary N) is 1. The molecule has 0 saturated carbocycles. The minimum atomic E-state index is -4.38. The van der Waals surface area contributed by atoms with Crippen LogP contribution < -0.4 is 5.73 Å². The summed E-state index contributed by atoms with van der Waals surface area (Å²) in [5.41, 5.74) is 5.39. The van der Waals surface area contributed by atoms with Crippen molar-refractivity contribution >= 4 is 19.8 Å². The number of carbonyl (C=O) groups excluding carboxylic acids is 2. The first kappa shape index (κ1) is 73.0. The standard InChI is InChI=1S/C64H128NO8P/c1-3-5-7-9-11-13-15-17-19-21-22-23-24-25-26-27-28-29-30-31-32-33-34-35-36-37-38-39-40-41-43-45-47-49-51-53-55-57-64(67)73-62(61-72-74(68,69)71-59-58-65)60-70-63(66)56-54-52-50-48-46-44-42-20-18-16-14-12-10-8-6-4-2/h62H,3-61,65H2,1-2H3,(H,68,69). The largest absolute Gasteiger partial charge is 0.472 e. The topological polar surface area (TPSA) is 134 Å². The fourth-order valence-corrected chi connectivity index (χ4v) is 11.1. The summed E-state index contributed by atoms with van der Waals surface area (Å²) in [6.07, 6.45) is 70.7. The van der Waals surface area contributed by atoms with Crippen molar-refractivity contribution in [2.24, 2.45) is 5.73 Å². The first-order chi connectivity index (χ1) is 36.3. The summed E-state index contributed by atoms with van der Waals surface area (Å²) >= 11 is 0. The number of phosphoric acid groups is 1. The summed E-state index contributed by atoms with van der Waals surface area (Å²) < 4.78 is 33.1. The molecule has 0 amide bonds. The van der Waals surface area contributed by atoms with Gasteiger partial charge in [0.2, 0.25) is 0 Å². The third-order valence-electron chi connectivity index (χ3n) is 15.2. The second kappa shape index (κ2) is 61.2. The van der Waals surface area contributed by atoms with Gasteiger partial charge in [-0.2, -0.15) is 0 Å². The predicted molar refractivity (Wildman–Crippen MR) is 317 cm³/mol. The first-order valence-electron chi connectivity index (χ1n) is 33.0. The molecule has 0 radical (unpaired) electrons. The molecule has 0 spiro atoms. The Labute approximate surface area is 460 Å². The first-order valence-corrected chi connectivity index (χ1v) is 34.5. The average Bonchev–Trinajstić information content (AvgIpc) is 3.39. The highest BCUT2D eigenvalue weighted by Gasteiger charge is 2.26. The van der Waals surface area contributed by atoms with Crippen LogP contribution in [0.3, 0.4) is 0 Å². The minimum Gasteiger partial charge on any atom is -0.462 e. The lowest BCUT2D eigenvalue weighted by molar-refractivity contribution is -0.161. The summed E-state index contributed by atoms with van der Waals surface area (Å²) in [7, 11) is -4.38. The van der Waals surface area contributed by atoms with Crippen molar-refractivity contribution in [1.82, 2.24) is 0 Å². The Kier molecular flexibility index (Phi) is 60.4. The Hall–Kier alpha value is -0.990. The predicted octanol–water partition coefficient (Wildman–Crippen LogP) is 21.0. The number of carbonyl (C=O) groups is 2. The Morgan fingerprint density at radius 3 is 0.824 bits per heavy atom. The van der Waals surface area contributed by atoms with Crippen LogP contribution >= 0.6 is 7.82 Å². The van der Waals surface area contributed by atoms with E-state index in [1.165, 1.54) is 302 Å². The Bertz CT molecular complexity index is 1170. The number of hydrogen-bond donors (Lipinski definition) is 2. The number of hydrogen-bond acceptors (Lipinski definition) is 8. The maximum atomic E-state index is 12.7. The molecule has 0 aliphatic rings. The molecule has 0 aromatic heterocycles. The van der Waals surface area contributed by atoms with E-state index >= 15 is 0 Å². The molecule has 0 bridgehead atoms. The molecule has 0 aromatic rings. The van der Waals surface area contributed by atoms with Gasteiger partial charge in [-0.15, -0.1) is 0 Å². The van der Waals surface area contributed by atoms with Crippen molar-refractivity contribution in [3.8, 4) is 0 Å². The molecule has 10 heteroatoms. The lowest BCUT2D eigenvalue weighted by Crippen LogP contribution is -2.29. The quantitative estimate of drug-likeness (QED) is 0.0347. The van der Waals surface area contributed by atoms with Crippen molar-refractivity contribution in [2.45, 2.75) is 373 Å². The Morgan fingerprint density at radius 2 is 0.581 bits per heavy atom. The van der Waals surface area contributed by atoms with Crippen LogP contribution in [0.15, 0.2) is 0 Å². The van der Waals surface area contributed by atoms with Crippen LogP contribution in [0.1, 0.15) is 367 Å². The van der Waals surface area contributed by atoms with E-state index in [0.29, 0.717) is 6.42 Å². The van der Waals surface area contributed by atoms with Gasteiger partial charge in [-0.1, -0.05) is 341 Å². The van der Waals surface area contributed by atoms with Crippen LogP contribution in [-0.4, -0.2) is 49.3 Å². The molecule has 0 aliphatic carbocycles. The molecule has 442 valence electrons. The van der Waals surface area contributed by atoms with Crippen LogP contribution in [0.25, 0.3) is 0 Å². The molecule has 0 saturated heterocycles. The van der Waals surface area contributed by atoms with Gasteiger partial charge in [0.15, 0.2) is 6.10 Å². The van der Waals surface area contributed by atoms with Gasteiger partial charge in [-0.3, -0.25) is 18.6 Å². The van der Waals surface area contributed by atoms with Crippen molar-refractivity contribution in [2.75, 3.05) is 26.4 Å². The smallest absolute Gasteiger partial charge is 0.462 e. The second-order valence-electron chi connectivity index (χ2n) is 22.7. The van der Waals surface area contributed by atoms with Crippen molar-refractivity contribution < 1.29 is 37.6 Å². The molecule has 3 N–H and O–H groups in total. The molecule has 0 aromatic carbocycles. The normalized spacial score (nSPS) is 12.9. The monoisotopic (exact) mass is 1070 g/mol. The lowest BCUT2D eigenvalue weighted by atomic mass is 10.0. The summed E-state index contributed by atoms with van der Waals surface area (Å²) in [5.74, 6) is -0.802. The lowest BCUT2D eigenvalue weighted by Gasteiger charge is -2.19. The molecule has 9 nitrogen and oxygen atoms in total. The highest BCUT2D eigenvalue weighted by Crippen LogP contribution is 2.43. The fourth-order valence-electron chi connectivity index (χ4n) is 10.3. The van der Waals surface area contributed by atoms with Crippen LogP contribution in [-0.2, 0) is 32.7 Å². The second-order valence-corrected chi connectivity index (χ2v) is 24.2. The van der Waals surface area contributed by atoms with Gasteiger partial charge in [-0.05, 0) is 12.8 Å². The highest BCUT2D eigenvalue weighted by atomic mass is 31.2. The molecule has 0 aliphatic heterocycles. The van der Waals surface area contributed by atoms with Gasteiger partial charge in [0.25, 0.3) is 0 Å². The summed E-state index contributed by atoms with van der Waals surface area (Å²) in [6, 6.07) is 0. The summed E-state index contributed by atoms with van der Waals surface area (Å²) in [4.78, 5) is 35.2. The highest BCUT2D eigenvalue weighted by molar-refractivity contribution is 7.47. The molecule has 0 heterocycles. The van der Waals surface area contributed by atoms with Crippen LogP contribution in [0.5, 0.6) is 0 Å².